The Morgan fingerprint density at radius 3 is 2.50 bits per heavy atom. The summed E-state index contributed by atoms with van der Waals surface area (Å²) in [7, 11) is 0. The summed E-state index contributed by atoms with van der Waals surface area (Å²) in [6.45, 7) is 2.73. The van der Waals surface area contributed by atoms with Crippen LogP contribution < -0.4 is 5.32 Å². The Kier molecular flexibility index (Phi) is 7.86. The van der Waals surface area contributed by atoms with Crippen molar-refractivity contribution >= 4 is 17.3 Å². The van der Waals surface area contributed by atoms with Gasteiger partial charge >= 0.3 is 0 Å². The lowest BCUT2D eigenvalue weighted by molar-refractivity contribution is 0.211. The monoisotopic (exact) mass is 269 g/mol. The number of benzene rings is 1. The van der Waals surface area contributed by atoms with Crippen molar-refractivity contribution in [3.05, 3.63) is 29.8 Å². The van der Waals surface area contributed by atoms with E-state index in [4.69, 9.17) is 11.6 Å². The average Bonchev–Trinajstić information content (AvgIpc) is 2.42. The summed E-state index contributed by atoms with van der Waals surface area (Å²) in [5.74, 6) is 0.266. The van der Waals surface area contributed by atoms with E-state index in [1.165, 1.54) is 31.2 Å². The molecule has 0 aliphatic rings. The second-order valence-corrected chi connectivity index (χ2v) is 5.01. The highest BCUT2D eigenvalue weighted by molar-refractivity contribution is 6.18. The summed E-state index contributed by atoms with van der Waals surface area (Å²) in [6.07, 6.45) is 5.87. The van der Waals surface area contributed by atoms with Crippen LogP contribution in [0.3, 0.4) is 0 Å². The first-order valence-electron chi connectivity index (χ1n) is 6.83. The van der Waals surface area contributed by atoms with E-state index >= 15 is 0 Å². The van der Waals surface area contributed by atoms with Crippen molar-refractivity contribution in [1.29, 1.82) is 0 Å². The maximum absolute atomic E-state index is 9.35. The lowest BCUT2D eigenvalue weighted by Gasteiger charge is -2.10. The van der Waals surface area contributed by atoms with Crippen molar-refractivity contribution in [3.63, 3.8) is 0 Å². The van der Waals surface area contributed by atoms with Gasteiger partial charge in [-0.1, -0.05) is 38.3 Å². The molecule has 1 rings (SSSR count). The van der Waals surface area contributed by atoms with Gasteiger partial charge in [-0.05, 0) is 30.5 Å². The van der Waals surface area contributed by atoms with Crippen molar-refractivity contribution < 1.29 is 5.11 Å². The molecule has 102 valence electrons. The largest absolute Gasteiger partial charge is 0.390 e. The number of hydrogen-bond donors (Lipinski definition) is 2. The van der Waals surface area contributed by atoms with E-state index in [-0.39, 0.29) is 5.88 Å². The standard InChI is InChI=1S/C15H24ClNO/c1-2-3-4-5-6-13-7-9-14(10-8-13)17-12-15(18)11-16/h7-10,15,17-18H,2-6,11-12H2,1H3. The average molecular weight is 270 g/mol. The number of hydrogen-bond acceptors (Lipinski definition) is 2. The molecule has 1 aromatic rings. The lowest BCUT2D eigenvalue weighted by Crippen LogP contribution is -2.20. The summed E-state index contributed by atoms with van der Waals surface area (Å²) < 4.78 is 0. The van der Waals surface area contributed by atoms with Crippen LogP contribution in [0.5, 0.6) is 0 Å². The molecule has 0 aliphatic heterocycles. The van der Waals surface area contributed by atoms with Crippen LogP contribution in [0.4, 0.5) is 5.69 Å². The molecule has 3 heteroatoms. The van der Waals surface area contributed by atoms with Gasteiger partial charge in [0.2, 0.25) is 0 Å². The van der Waals surface area contributed by atoms with Crippen LogP contribution in [0.25, 0.3) is 0 Å². The van der Waals surface area contributed by atoms with E-state index in [1.807, 2.05) is 0 Å². The molecule has 0 saturated carbocycles. The molecule has 0 spiro atoms. The third-order valence-electron chi connectivity index (χ3n) is 2.99. The van der Waals surface area contributed by atoms with Crippen LogP contribution in [0, 0.1) is 0 Å². The summed E-state index contributed by atoms with van der Waals surface area (Å²) in [5.41, 5.74) is 2.42. The second-order valence-electron chi connectivity index (χ2n) is 4.70. The van der Waals surface area contributed by atoms with Crippen molar-refractivity contribution in [2.45, 2.75) is 45.1 Å². The molecule has 18 heavy (non-hydrogen) atoms. The van der Waals surface area contributed by atoms with Gasteiger partial charge in [0, 0.05) is 12.2 Å². The van der Waals surface area contributed by atoms with Crippen LogP contribution >= 0.6 is 11.6 Å². The molecular weight excluding hydrogens is 246 g/mol. The molecule has 1 unspecified atom stereocenters. The van der Waals surface area contributed by atoms with Crippen molar-refractivity contribution in [2.75, 3.05) is 17.7 Å². The number of aryl methyl sites for hydroxylation is 1. The van der Waals surface area contributed by atoms with E-state index < -0.39 is 6.10 Å². The Morgan fingerprint density at radius 1 is 1.17 bits per heavy atom. The smallest absolute Gasteiger partial charge is 0.0847 e. The van der Waals surface area contributed by atoms with E-state index in [2.05, 4.69) is 36.5 Å². The van der Waals surface area contributed by atoms with Crippen LogP contribution in [-0.4, -0.2) is 23.6 Å². The first-order chi connectivity index (χ1) is 8.76. The Balaban J connectivity index is 2.28. The third-order valence-corrected chi connectivity index (χ3v) is 3.35. The van der Waals surface area contributed by atoms with Gasteiger partial charge in [0.25, 0.3) is 0 Å². The molecule has 1 atom stereocenters. The molecule has 1 aromatic carbocycles. The minimum absolute atomic E-state index is 0.266. The minimum Gasteiger partial charge on any atom is -0.390 e. The highest BCUT2D eigenvalue weighted by Crippen LogP contribution is 2.12. The zero-order chi connectivity index (χ0) is 13.2. The summed E-state index contributed by atoms with van der Waals surface area (Å²) in [4.78, 5) is 0. The zero-order valence-corrected chi connectivity index (χ0v) is 11.9. The number of nitrogens with one attached hydrogen (secondary N) is 1. The second kappa shape index (κ2) is 9.23. The number of unbranched alkanes of at least 4 members (excludes halogenated alkanes) is 3. The number of aliphatic hydroxyl groups excluding tert-OH is 1. The quantitative estimate of drug-likeness (QED) is 0.528. The molecule has 2 N–H and O–H groups in total. The first-order valence-corrected chi connectivity index (χ1v) is 7.36. The number of alkyl halides is 1. The molecule has 0 heterocycles. The lowest BCUT2D eigenvalue weighted by atomic mass is 10.1. The topological polar surface area (TPSA) is 32.3 Å². The molecular formula is C15H24ClNO. The summed E-state index contributed by atoms with van der Waals surface area (Å²) in [5, 5.41) is 12.5. The van der Waals surface area contributed by atoms with Crippen LogP contribution in [0.2, 0.25) is 0 Å². The Bertz CT molecular complexity index is 313. The summed E-state index contributed by atoms with van der Waals surface area (Å²) >= 11 is 5.54. The van der Waals surface area contributed by atoms with Crippen LogP contribution in [-0.2, 0) is 6.42 Å². The first kappa shape index (κ1) is 15.3. The van der Waals surface area contributed by atoms with E-state index in [1.54, 1.807) is 0 Å². The van der Waals surface area contributed by atoms with E-state index in [0.29, 0.717) is 6.54 Å². The molecule has 0 aliphatic carbocycles. The van der Waals surface area contributed by atoms with Crippen LogP contribution in [0.1, 0.15) is 38.2 Å². The SMILES string of the molecule is CCCCCCc1ccc(NCC(O)CCl)cc1. The highest BCUT2D eigenvalue weighted by atomic mass is 35.5. The fraction of sp³-hybridized carbons (Fsp3) is 0.600. The van der Waals surface area contributed by atoms with Crippen molar-refractivity contribution in [1.82, 2.24) is 0 Å². The molecule has 0 radical (unpaired) electrons. The van der Waals surface area contributed by atoms with Gasteiger partial charge in [-0.3, -0.25) is 0 Å². The van der Waals surface area contributed by atoms with Gasteiger partial charge in [0.1, 0.15) is 0 Å². The molecule has 2 nitrogen and oxygen atoms in total. The predicted octanol–water partition coefficient (Wildman–Crippen LogP) is 3.82. The van der Waals surface area contributed by atoms with Gasteiger partial charge in [-0.15, -0.1) is 11.6 Å². The Hall–Kier alpha value is -0.730. The summed E-state index contributed by atoms with van der Waals surface area (Å²) in [6, 6.07) is 8.44. The predicted molar refractivity (Wildman–Crippen MR) is 79.5 cm³/mol. The van der Waals surface area contributed by atoms with Gasteiger partial charge < -0.3 is 10.4 Å². The van der Waals surface area contributed by atoms with Gasteiger partial charge in [-0.2, -0.15) is 0 Å². The number of aliphatic hydroxyl groups is 1. The zero-order valence-electron chi connectivity index (χ0n) is 11.2. The van der Waals surface area contributed by atoms with Crippen LogP contribution in [0.15, 0.2) is 24.3 Å². The van der Waals surface area contributed by atoms with Gasteiger partial charge in [-0.25, -0.2) is 0 Å². The Morgan fingerprint density at radius 2 is 1.89 bits per heavy atom. The Labute approximate surface area is 115 Å². The molecule has 0 fully saturated rings. The molecule has 0 aromatic heterocycles. The molecule has 0 amide bonds. The minimum atomic E-state index is -0.486. The fourth-order valence-corrected chi connectivity index (χ4v) is 1.94. The molecule has 0 saturated heterocycles. The molecule has 0 bridgehead atoms. The number of halogens is 1. The van der Waals surface area contributed by atoms with Gasteiger partial charge in [0.15, 0.2) is 0 Å². The highest BCUT2D eigenvalue weighted by Gasteiger charge is 2.01. The van der Waals surface area contributed by atoms with Crippen molar-refractivity contribution in [2.24, 2.45) is 0 Å². The number of anilines is 1. The van der Waals surface area contributed by atoms with Crippen molar-refractivity contribution in [3.8, 4) is 0 Å². The van der Waals surface area contributed by atoms with E-state index in [0.717, 1.165) is 12.1 Å². The maximum atomic E-state index is 9.35. The maximum Gasteiger partial charge on any atom is 0.0847 e. The number of rotatable bonds is 9. The van der Waals surface area contributed by atoms with Gasteiger partial charge in [0.05, 0.1) is 12.0 Å². The fourth-order valence-electron chi connectivity index (χ4n) is 1.84. The van der Waals surface area contributed by atoms with E-state index in [9.17, 15) is 5.11 Å². The third kappa shape index (κ3) is 6.27. The normalized spacial score (nSPS) is 12.4.